The number of fused-ring (bicyclic) bond motifs is 1. The Kier molecular flexibility index (Phi) is 5.60. The normalized spacial score (nSPS) is 25.1. The standard InChI is InChI=1S/C22H28N4O3S/c27-20(24-10-12-25(13-11-24)21(28)18-7-4-14-29-18)16-5-3-9-26(15-16)22-23-17-6-1-2-8-19(17)30-22/h1-2,6,8,16,18H,3-5,7,9-15H2. The predicted molar refractivity (Wildman–Crippen MR) is 117 cm³/mol. The molecule has 0 radical (unpaired) electrons. The summed E-state index contributed by atoms with van der Waals surface area (Å²) in [5, 5.41) is 1.01. The van der Waals surface area contributed by atoms with Gasteiger partial charge >= 0.3 is 0 Å². The molecule has 8 heteroatoms. The maximum absolute atomic E-state index is 13.2. The number of carbonyl (C=O) groups excluding carboxylic acids is 2. The fraction of sp³-hybridized carbons (Fsp3) is 0.591. The molecule has 2 aromatic rings. The fourth-order valence-electron chi connectivity index (χ4n) is 4.73. The number of benzene rings is 1. The van der Waals surface area contributed by atoms with Crippen LogP contribution in [0.5, 0.6) is 0 Å². The summed E-state index contributed by atoms with van der Waals surface area (Å²) >= 11 is 1.70. The Bertz CT molecular complexity index is 885. The van der Waals surface area contributed by atoms with Gasteiger partial charge in [-0.2, -0.15) is 0 Å². The predicted octanol–water partition coefficient (Wildman–Crippen LogP) is 2.36. The first-order chi connectivity index (χ1) is 14.7. The molecule has 5 rings (SSSR count). The Morgan fingerprint density at radius 3 is 2.47 bits per heavy atom. The number of hydrogen-bond donors (Lipinski definition) is 0. The molecule has 3 saturated heterocycles. The monoisotopic (exact) mass is 428 g/mol. The molecule has 0 aliphatic carbocycles. The number of piperidine rings is 1. The lowest BCUT2D eigenvalue weighted by Crippen LogP contribution is -2.55. The van der Waals surface area contributed by atoms with Gasteiger partial charge in [-0.15, -0.1) is 0 Å². The van der Waals surface area contributed by atoms with Gasteiger partial charge in [-0.3, -0.25) is 9.59 Å². The van der Waals surface area contributed by atoms with E-state index in [9.17, 15) is 9.59 Å². The third-order valence-electron chi connectivity index (χ3n) is 6.43. The quantitative estimate of drug-likeness (QED) is 0.751. The number of carbonyl (C=O) groups is 2. The van der Waals surface area contributed by atoms with Crippen LogP contribution in [0.2, 0.25) is 0 Å². The Hall–Kier alpha value is -2.19. The van der Waals surface area contributed by atoms with Gasteiger partial charge in [0.05, 0.1) is 16.1 Å². The molecular weight excluding hydrogens is 400 g/mol. The average Bonchev–Trinajstić information content (AvgIpc) is 3.48. The topological polar surface area (TPSA) is 66.0 Å². The number of piperazine rings is 1. The van der Waals surface area contributed by atoms with Crippen LogP contribution in [-0.2, 0) is 14.3 Å². The van der Waals surface area contributed by atoms with Crippen molar-refractivity contribution in [3.8, 4) is 0 Å². The third-order valence-corrected chi connectivity index (χ3v) is 7.53. The van der Waals surface area contributed by atoms with Crippen molar-refractivity contribution in [1.29, 1.82) is 0 Å². The molecule has 0 bridgehead atoms. The van der Waals surface area contributed by atoms with Gasteiger partial charge in [-0.25, -0.2) is 4.98 Å². The highest BCUT2D eigenvalue weighted by Gasteiger charge is 2.34. The zero-order chi connectivity index (χ0) is 20.5. The molecule has 0 N–H and O–H groups in total. The van der Waals surface area contributed by atoms with Gasteiger partial charge in [0.15, 0.2) is 5.13 Å². The van der Waals surface area contributed by atoms with Crippen LogP contribution in [0.3, 0.4) is 0 Å². The number of anilines is 1. The van der Waals surface area contributed by atoms with Crippen LogP contribution in [0.15, 0.2) is 24.3 Å². The lowest BCUT2D eigenvalue weighted by atomic mass is 9.96. The number of thiazole rings is 1. The molecule has 1 aromatic carbocycles. The molecule has 4 heterocycles. The van der Waals surface area contributed by atoms with E-state index in [1.807, 2.05) is 28.0 Å². The zero-order valence-electron chi connectivity index (χ0n) is 17.2. The largest absolute Gasteiger partial charge is 0.368 e. The van der Waals surface area contributed by atoms with Crippen LogP contribution >= 0.6 is 11.3 Å². The SMILES string of the molecule is O=C(C1CCCN(c2nc3ccccc3s2)C1)N1CCN(C(=O)C2CCCO2)CC1. The molecule has 30 heavy (non-hydrogen) atoms. The first kappa shape index (κ1) is 19.8. The molecule has 3 fully saturated rings. The molecule has 2 amide bonds. The van der Waals surface area contributed by atoms with E-state index >= 15 is 0 Å². The third kappa shape index (κ3) is 3.90. The Morgan fingerprint density at radius 1 is 0.967 bits per heavy atom. The van der Waals surface area contributed by atoms with Gasteiger partial charge in [-0.05, 0) is 37.8 Å². The molecule has 2 unspecified atom stereocenters. The van der Waals surface area contributed by atoms with E-state index in [4.69, 9.17) is 9.72 Å². The second-order valence-corrected chi connectivity index (χ2v) is 9.41. The van der Waals surface area contributed by atoms with E-state index in [1.54, 1.807) is 11.3 Å². The molecule has 3 aliphatic rings. The average molecular weight is 429 g/mol. The Morgan fingerprint density at radius 2 is 1.73 bits per heavy atom. The van der Waals surface area contributed by atoms with E-state index in [1.165, 1.54) is 4.70 Å². The number of ether oxygens (including phenoxy) is 1. The number of para-hydroxylation sites is 1. The molecule has 3 aliphatic heterocycles. The number of amides is 2. The van der Waals surface area contributed by atoms with Crippen LogP contribution in [0.25, 0.3) is 10.2 Å². The number of rotatable bonds is 3. The van der Waals surface area contributed by atoms with Crippen molar-refractivity contribution >= 4 is 38.5 Å². The molecule has 1 aromatic heterocycles. The summed E-state index contributed by atoms with van der Waals surface area (Å²) in [7, 11) is 0. The lowest BCUT2D eigenvalue weighted by Gasteiger charge is -2.39. The van der Waals surface area contributed by atoms with Crippen molar-refractivity contribution in [2.75, 3.05) is 50.8 Å². The van der Waals surface area contributed by atoms with Crippen molar-refractivity contribution in [3.63, 3.8) is 0 Å². The summed E-state index contributed by atoms with van der Waals surface area (Å²) in [5.74, 6) is 0.329. The second kappa shape index (κ2) is 8.51. The minimum Gasteiger partial charge on any atom is -0.368 e. The van der Waals surface area contributed by atoms with Crippen LogP contribution in [0.4, 0.5) is 5.13 Å². The first-order valence-corrected chi connectivity index (χ1v) is 11.8. The minimum absolute atomic E-state index is 0.00572. The lowest BCUT2D eigenvalue weighted by molar-refractivity contribution is -0.147. The van der Waals surface area contributed by atoms with Crippen LogP contribution < -0.4 is 4.90 Å². The van der Waals surface area contributed by atoms with Gasteiger partial charge in [-0.1, -0.05) is 23.5 Å². The number of nitrogens with zero attached hydrogens (tertiary/aromatic N) is 4. The summed E-state index contributed by atoms with van der Waals surface area (Å²) in [5.41, 5.74) is 1.03. The Labute approximate surface area is 180 Å². The summed E-state index contributed by atoms with van der Waals surface area (Å²) in [4.78, 5) is 36.6. The maximum atomic E-state index is 13.2. The number of hydrogen-bond acceptors (Lipinski definition) is 6. The smallest absolute Gasteiger partial charge is 0.251 e. The van der Waals surface area contributed by atoms with E-state index in [2.05, 4.69) is 11.0 Å². The summed E-state index contributed by atoms with van der Waals surface area (Å²) in [6.45, 7) is 4.82. The van der Waals surface area contributed by atoms with E-state index in [-0.39, 0.29) is 23.8 Å². The molecule has 0 spiro atoms. The van der Waals surface area contributed by atoms with Gasteiger partial charge in [0, 0.05) is 45.9 Å². The zero-order valence-corrected chi connectivity index (χ0v) is 18.0. The Balaban J connectivity index is 1.18. The van der Waals surface area contributed by atoms with E-state index < -0.39 is 0 Å². The van der Waals surface area contributed by atoms with Gasteiger partial charge in [0.25, 0.3) is 5.91 Å². The van der Waals surface area contributed by atoms with Crippen LogP contribution in [-0.4, -0.2) is 78.6 Å². The molecule has 0 saturated carbocycles. The van der Waals surface area contributed by atoms with Crippen LogP contribution in [0.1, 0.15) is 25.7 Å². The second-order valence-electron chi connectivity index (χ2n) is 8.40. The van der Waals surface area contributed by atoms with Crippen molar-refractivity contribution in [1.82, 2.24) is 14.8 Å². The first-order valence-electron chi connectivity index (χ1n) is 11.0. The summed E-state index contributed by atoms with van der Waals surface area (Å²) < 4.78 is 6.72. The highest BCUT2D eigenvalue weighted by atomic mass is 32.1. The van der Waals surface area contributed by atoms with Crippen molar-refractivity contribution in [2.24, 2.45) is 5.92 Å². The molecule has 2 atom stereocenters. The van der Waals surface area contributed by atoms with E-state index in [0.29, 0.717) is 32.8 Å². The molecule has 160 valence electrons. The van der Waals surface area contributed by atoms with Gasteiger partial charge < -0.3 is 19.4 Å². The maximum Gasteiger partial charge on any atom is 0.251 e. The fourth-order valence-corrected chi connectivity index (χ4v) is 5.73. The highest BCUT2D eigenvalue weighted by molar-refractivity contribution is 7.22. The van der Waals surface area contributed by atoms with Gasteiger partial charge in [0.2, 0.25) is 5.91 Å². The summed E-state index contributed by atoms with van der Waals surface area (Å²) in [6.07, 6.45) is 3.44. The molecule has 7 nitrogen and oxygen atoms in total. The minimum atomic E-state index is -0.270. The highest BCUT2D eigenvalue weighted by Crippen LogP contribution is 2.32. The van der Waals surface area contributed by atoms with Gasteiger partial charge in [0.1, 0.15) is 6.10 Å². The van der Waals surface area contributed by atoms with Crippen LogP contribution in [0, 0.1) is 5.92 Å². The van der Waals surface area contributed by atoms with Crippen molar-refractivity contribution < 1.29 is 14.3 Å². The number of aromatic nitrogens is 1. The summed E-state index contributed by atoms with van der Waals surface area (Å²) in [6, 6.07) is 8.19. The molecular formula is C22H28N4O3S. The van der Waals surface area contributed by atoms with E-state index in [0.717, 1.165) is 49.4 Å². The van der Waals surface area contributed by atoms with Crippen molar-refractivity contribution in [3.05, 3.63) is 24.3 Å². The van der Waals surface area contributed by atoms with Crippen molar-refractivity contribution in [2.45, 2.75) is 31.8 Å².